The van der Waals surface area contributed by atoms with E-state index in [2.05, 4.69) is 46.4 Å². The van der Waals surface area contributed by atoms with Crippen LogP contribution in [0.25, 0.3) is 0 Å². The van der Waals surface area contributed by atoms with Crippen molar-refractivity contribution in [1.82, 2.24) is 25.2 Å². The number of carbonyl (C=O) groups is 2. The van der Waals surface area contributed by atoms with Crippen molar-refractivity contribution in [2.75, 3.05) is 11.1 Å². The van der Waals surface area contributed by atoms with E-state index in [-0.39, 0.29) is 35.6 Å². The highest BCUT2D eigenvalue weighted by atomic mass is 16.2. The van der Waals surface area contributed by atoms with Crippen molar-refractivity contribution in [3.05, 3.63) is 35.7 Å². The summed E-state index contributed by atoms with van der Waals surface area (Å²) in [7, 11) is 0. The van der Waals surface area contributed by atoms with E-state index in [0.29, 0.717) is 18.8 Å². The Morgan fingerprint density at radius 1 is 1.19 bits per heavy atom. The van der Waals surface area contributed by atoms with Gasteiger partial charge in [0.25, 0.3) is 5.91 Å². The number of amides is 3. The molecule has 1 aliphatic carbocycles. The first-order valence-electron chi connectivity index (χ1n) is 10.5. The molecule has 2 aliphatic rings. The largest absolute Gasteiger partial charge is 0.368 e. The molecule has 0 unspecified atom stereocenters. The lowest BCUT2D eigenvalue weighted by Gasteiger charge is -2.43. The zero-order valence-corrected chi connectivity index (χ0v) is 18.4. The summed E-state index contributed by atoms with van der Waals surface area (Å²) >= 11 is 0. The maximum atomic E-state index is 13.4. The van der Waals surface area contributed by atoms with Gasteiger partial charge in [-0.1, -0.05) is 39.0 Å². The van der Waals surface area contributed by atoms with Crippen molar-refractivity contribution in [2.24, 2.45) is 11.3 Å². The van der Waals surface area contributed by atoms with Crippen molar-refractivity contribution >= 4 is 29.5 Å². The van der Waals surface area contributed by atoms with Crippen LogP contribution >= 0.6 is 0 Å². The highest BCUT2D eigenvalue weighted by Gasteiger charge is 2.56. The Bertz CT molecular complexity index is 1040. The number of para-hydroxylation sites is 1. The summed E-state index contributed by atoms with van der Waals surface area (Å²) in [5, 5.41) is 6.10. The predicted octanol–water partition coefficient (Wildman–Crippen LogP) is 3.14. The van der Waals surface area contributed by atoms with E-state index >= 15 is 0 Å². The molecule has 9 heteroatoms. The minimum absolute atomic E-state index is 0.0234. The van der Waals surface area contributed by atoms with E-state index in [4.69, 9.17) is 5.73 Å². The molecular weight excluding hydrogens is 394 g/mol. The first-order chi connectivity index (χ1) is 14.6. The monoisotopic (exact) mass is 423 g/mol. The number of urea groups is 1. The molecule has 2 aromatic rings. The number of nitrogens with one attached hydrogen (secondary N) is 2. The molecule has 164 valence electrons. The van der Waals surface area contributed by atoms with Gasteiger partial charge in [-0.3, -0.25) is 9.69 Å². The maximum absolute atomic E-state index is 13.4. The Kier molecular flexibility index (Phi) is 5.07. The lowest BCUT2D eigenvalue weighted by atomic mass is 9.64. The molecule has 0 bridgehead atoms. The van der Waals surface area contributed by atoms with Gasteiger partial charge >= 0.3 is 6.03 Å². The molecule has 31 heavy (non-hydrogen) atoms. The van der Waals surface area contributed by atoms with Crippen LogP contribution in [0.15, 0.2) is 24.3 Å². The number of imide groups is 1. The number of nitrogen functional groups attached to an aromatic ring is 1. The van der Waals surface area contributed by atoms with Crippen LogP contribution in [0.2, 0.25) is 0 Å². The van der Waals surface area contributed by atoms with Gasteiger partial charge in [0.15, 0.2) is 5.82 Å². The number of aryl methyl sites for hydroxylation is 1. The fraction of sp³-hybridized carbons (Fsp3) is 0.500. The minimum atomic E-state index is -0.862. The summed E-state index contributed by atoms with van der Waals surface area (Å²) in [6, 6.07) is 7.30. The van der Waals surface area contributed by atoms with Gasteiger partial charge in [-0.05, 0) is 49.1 Å². The van der Waals surface area contributed by atoms with Gasteiger partial charge in [-0.15, -0.1) is 0 Å². The summed E-state index contributed by atoms with van der Waals surface area (Å²) in [6.07, 6.45) is 2.28. The van der Waals surface area contributed by atoms with Crippen LogP contribution in [-0.4, -0.2) is 37.3 Å². The molecule has 2 fully saturated rings. The standard InChI is InChI=1S/C22H29N7O2/c1-13-9-21(3,4)12-22(10-13)17(30)29(20(31)28-22)11-16-25-18(23)27-19(26-16)24-15-8-6-5-7-14(15)2/h5-8,13H,9-12H2,1-4H3,(H,28,31)(H3,23,24,25,26,27)/t13-,22-/m1/s1. The molecule has 1 saturated carbocycles. The quantitative estimate of drug-likeness (QED) is 0.645. The average Bonchev–Trinajstić information content (AvgIpc) is 2.85. The number of carbonyl (C=O) groups excluding carboxylic acids is 2. The molecule has 2 atom stereocenters. The van der Waals surface area contributed by atoms with Crippen LogP contribution in [-0.2, 0) is 11.3 Å². The van der Waals surface area contributed by atoms with Gasteiger partial charge in [-0.25, -0.2) is 4.79 Å². The minimum Gasteiger partial charge on any atom is -0.368 e. The zero-order valence-electron chi connectivity index (χ0n) is 18.4. The molecule has 1 spiro atoms. The Labute approximate surface area is 181 Å². The van der Waals surface area contributed by atoms with Crippen LogP contribution in [0, 0.1) is 18.3 Å². The number of rotatable bonds is 4. The number of hydrogen-bond donors (Lipinski definition) is 3. The van der Waals surface area contributed by atoms with Crippen molar-refractivity contribution < 1.29 is 9.59 Å². The molecule has 1 aromatic heterocycles. The molecule has 2 heterocycles. The third kappa shape index (κ3) is 4.17. The predicted molar refractivity (Wildman–Crippen MR) is 117 cm³/mol. The summed E-state index contributed by atoms with van der Waals surface area (Å²) in [6.45, 7) is 8.32. The first kappa shape index (κ1) is 21.0. The van der Waals surface area contributed by atoms with Crippen LogP contribution in [0.4, 0.5) is 22.4 Å². The Morgan fingerprint density at radius 2 is 1.94 bits per heavy atom. The second-order valence-corrected chi connectivity index (χ2v) is 9.63. The average molecular weight is 424 g/mol. The van der Waals surface area contributed by atoms with Crippen molar-refractivity contribution in [2.45, 2.75) is 59.0 Å². The van der Waals surface area contributed by atoms with E-state index in [9.17, 15) is 9.59 Å². The number of nitrogens with zero attached hydrogens (tertiary/aromatic N) is 4. The molecule has 3 amide bonds. The fourth-order valence-electron chi connectivity index (χ4n) is 5.19. The third-order valence-electron chi connectivity index (χ3n) is 6.01. The topological polar surface area (TPSA) is 126 Å². The van der Waals surface area contributed by atoms with Crippen LogP contribution < -0.4 is 16.4 Å². The van der Waals surface area contributed by atoms with Gasteiger partial charge in [0.05, 0.1) is 6.54 Å². The maximum Gasteiger partial charge on any atom is 0.325 e. The summed E-state index contributed by atoms with van der Waals surface area (Å²) < 4.78 is 0. The van der Waals surface area contributed by atoms with Crippen LogP contribution in [0.5, 0.6) is 0 Å². The second-order valence-electron chi connectivity index (χ2n) is 9.63. The van der Waals surface area contributed by atoms with E-state index in [1.165, 1.54) is 4.90 Å². The lowest BCUT2D eigenvalue weighted by Crippen LogP contribution is -2.54. The van der Waals surface area contributed by atoms with Crippen molar-refractivity contribution in [1.29, 1.82) is 0 Å². The second kappa shape index (κ2) is 7.47. The van der Waals surface area contributed by atoms with Gasteiger partial charge < -0.3 is 16.4 Å². The molecule has 0 radical (unpaired) electrons. The summed E-state index contributed by atoms with van der Waals surface area (Å²) in [4.78, 5) is 40.0. The van der Waals surface area contributed by atoms with Gasteiger partial charge in [-0.2, -0.15) is 15.0 Å². The van der Waals surface area contributed by atoms with E-state index in [1.54, 1.807) is 0 Å². The van der Waals surface area contributed by atoms with Crippen LogP contribution in [0.1, 0.15) is 51.4 Å². The number of anilines is 3. The summed E-state index contributed by atoms with van der Waals surface area (Å²) in [5.41, 5.74) is 6.85. The SMILES string of the molecule is Cc1ccccc1Nc1nc(N)nc(CN2C(=O)N[C@@]3(C[C@H](C)CC(C)(C)C3)C2=O)n1. The van der Waals surface area contributed by atoms with E-state index in [0.717, 1.165) is 17.7 Å². The van der Waals surface area contributed by atoms with Crippen molar-refractivity contribution in [3.8, 4) is 0 Å². The highest BCUT2D eigenvalue weighted by molar-refractivity contribution is 6.07. The van der Waals surface area contributed by atoms with E-state index in [1.807, 2.05) is 31.2 Å². The normalized spacial score (nSPS) is 25.0. The molecular formula is C22H29N7O2. The Hall–Kier alpha value is -3.23. The Morgan fingerprint density at radius 3 is 2.65 bits per heavy atom. The van der Waals surface area contributed by atoms with E-state index < -0.39 is 11.6 Å². The van der Waals surface area contributed by atoms with Crippen LogP contribution in [0.3, 0.4) is 0 Å². The number of benzene rings is 1. The summed E-state index contributed by atoms with van der Waals surface area (Å²) in [5.74, 6) is 0.670. The molecule has 1 aliphatic heterocycles. The fourth-order valence-corrected chi connectivity index (χ4v) is 5.19. The highest BCUT2D eigenvalue weighted by Crippen LogP contribution is 2.46. The van der Waals surface area contributed by atoms with Crippen molar-refractivity contribution in [3.63, 3.8) is 0 Å². The number of nitrogens with two attached hydrogens (primary N) is 1. The third-order valence-corrected chi connectivity index (χ3v) is 6.01. The first-order valence-corrected chi connectivity index (χ1v) is 10.5. The molecule has 9 nitrogen and oxygen atoms in total. The lowest BCUT2D eigenvalue weighted by molar-refractivity contribution is -0.135. The number of aromatic nitrogens is 3. The van der Waals surface area contributed by atoms with Gasteiger partial charge in [0.2, 0.25) is 11.9 Å². The van der Waals surface area contributed by atoms with Gasteiger partial charge in [0, 0.05) is 5.69 Å². The molecule has 4 rings (SSSR count). The molecule has 1 saturated heterocycles. The smallest absolute Gasteiger partial charge is 0.325 e. The zero-order chi connectivity index (χ0) is 22.4. The van der Waals surface area contributed by atoms with Gasteiger partial charge in [0.1, 0.15) is 5.54 Å². The molecule has 1 aromatic carbocycles. The number of hydrogen-bond acceptors (Lipinski definition) is 7. The Balaban J connectivity index is 1.57. The molecule has 4 N–H and O–H groups in total.